The Bertz CT molecular complexity index is 784. The molecule has 2 rings (SSSR count). The third-order valence-corrected chi connectivity index (χ3v) is 5.11. The van der Waals surface area contributed by atoms with Gasteiger partial charge in [-0.2, -0.15) is 0 Å². The van der Waals surface area contributed by atoms with Gasteiger partial charge in [0.15, 0.2) is 5.13 Å². The molecule has 0 bridgehead atoms. The second kappa shape index (κ2) is 7.34. The number of carbonyl (C=O) groups is 2. The summed E-state index contributed by atoms with van der Waals surface area (Å²) in [7, 11) is -3.70. The van der Waals surface area contributed by atoms with Crippen molar-refractivity contribution >= 4 is 38.2 Å². The van der Waals surface area contributed by atoms with Crippen molar-refractivity contribution < 1.29 is 18.0 Å². The van der Waals surface area contributed by atoms with Crippen LogP contribution >= 0.6 is 11.3 Å². The van der Waals surface area contributed by atoms with Gasteiger partial charge in [-0.3, -0.25) is 14.3 Å². The number of ketones is 1. The highest BCUT2D eigenvalue weighted by Crippen LogP contribution is 2.18. The highest BCUT2D eigenvalue weighted by Gasteiger charge is 2.15. The summed E-state index contributed by atoms with van der Waals surface area (Å²) in [6, 6.07) is 5.98. The molecular formula is C14H15N3O4S2. The second-order valence-electron chi connectivity index (χ2n) is 4.77. The fourth-order valence-electron chi connectivity index (χ4n) is 1.81. The molecule has 122 valence electrons. The van der Waals surface area contributed by atoms with Crippen molar-refractivity contribution in [2.45, 2.75) is 24.2 Å². The quantitative estimate of drug-likeness (QED) is 0.742. The summed E-state index contributed by atoms with van der Waals surface area (Å²) in [5, 5.41) is 1.95. The van der Waals surface area contributed by atoms with Crippen LogP contribution in [0.15, 0.2) is 40.7 Å². The molecule has 0 atom stereocenters. The number of amides is 1. The van der Waals surface area contributed by atoms with Crippen LogP contribution in [-0.4, -0.2) is 25.1 Å². The zero-order chi connectivity index (χ0) is 16.9. The lowest BCUT2D eigenvalue weighted by Crippen LogP contribution is -2.14. The van der Waals surface area contributed by atoms with Crippen molar-refractivity contribution in [3.8, 4) is 0 Å². The summed E-state index contributed by atoms with van der Waals surface area (Å²) in [6.07, 6.45) is 1.74. The molecule has 2 aromatic rings. The number of Topliss-reactive ketones (excluding diaryl/α,β-unsaturated/α-hetero) is 1. The lowest BCUT2D eigenvalue weighted by Gasteiger charge is -2.06. The summed E-state index contributed by atoms with van der Waals surface area (Å²) < 4.78 is 26.7. The summed E-state index contributed by atoms with van der Waals surface area (Å²) in [5.74, 6) is -0.645. The Balaban J connectivity index is 2.01. The number of rotatable bonds is 8. The van der Waals surface area contributed by atoms with Gasteiger partial charge in [-0.15, -0.1) is 11.3 Å². The Labute approximate surface area is 137 Å². The third-order valence-electron chi connectivity index (χ3n) is 2.94. The number of thiazole rings is 1. The van der Waals surface area contributed by atoms with Gasteiger partial charge in [0.1, 0.15) is 5.78 Å². The second-order valence-corrected chi connectivity index (χ2v) is 7.35. The maximum absolute atomic E-state index is 12.1. The molecule has 1 heterocycles. The van der Waals surface area contributed by atoms with E-state index in [9.17, 15) is 18.0 Å². The van der Waals surface area contributed by atoms with Crippen LogP contribution in [0.1, 0.15) is 18.4 Å². The number of benzene rings is 1. The molecule has 0 aliphatic carbocycles. The number of nitrogens with two attached hydrogens (primary N) is 1. The topological polar surface area (TPSA) is 119 Å². The number of nitrogens with zero attached hydrogens (tertiary/aromatic N) is 1. The molecule has 0 radical (unpaired) electrons. The van der Waals surface area contributed by atoms with E-state index in [2.05, 4.69) is 9.71 Å². The Morgan fingerprint density at radius 1 is 1.17 bits per heavy atom. The van der Waals surface area contributed by atoms with E-state index in [4.69, 9.17) is 5.73 Å². The Morgan fingerprint density at radius 3 is 2.43 bits per heavy atom. The first-order chi connectivity index (χ1) is 10.9. The summed E-state index contributed by atoms with van der Waals surface area (Å²) >= 11 is 1.18. The largest absolute Gasteiger partial charge is 0.370 e. The summed E-state index contributed by atoms with van der Waals surface area (Å²) in [6.45, 7) is 0. The molecule has 0 unspecified atom stereocenters. The number of hydrogen-bond donors (Lipinski definition) is 2. The minimum atomic E-state index is -3.70. The highest BCUT2D eigenvalue weighted by atomic mass is 32.2. The monoisotopic (exact) mass is 353 g/mol. The molecule has 9 heteroatoms. The first-order valence-corrected chi connectivity index (χ1v) is 9.04. The van der Waals surface area contributed by atoms with Crippen LogP contribution in [-0.2, 0) is 26.0 Å². The van der Waals surface area contributed by atoms with Crippen LogP contribution < -0.4 is 10.5 Å². The first kappa shape index (κ1) is 17.1. The fraction of sp³-hybridized carbons (Fsp3) is 0.214. The van der Waals surface area contributed by atoms with E-state index < -0.39 is 15.9 Å². The van der Waals surface area contributed by atoms with E-state index >= 15 is 0 Å². The molecule has 1 aromatic heterocycles. The minimum absolute atomic E-state index is 0.0169. The van der Waals surface area contributed by atoms with Crippen molar-refractivity contribution in [3.05, 3.63) is 41.4 Å². The van der Waals surface area contributed by atoms with Gasteiger partial charge < -0.3 is 5.73 Å². The van der Waals surface area contributed by atoms with Gasteiger partial charge in [-0.1, -0.05) is 12.1 Å². The predicted molar refractivity (Wildman–Crippen MR) is 86.5 cm³/mol. The molecule has 7 nitrogen and oxygen atoms in total. The predicted octanol–water partition coefficient (Wildman–Crippen LogP) is 1.32. The fourth-order valence-corrected chi connectivity index (χ4v) is 3.60. The normalized spacial score (nSPS) is 11.1. The minimum Gasteiger partial charge on any atom is -0.370 e. The number of anilines is 1. The van der Waals surface area contributed by atoms with Gasteiger partial charge in [0.2, 0.25) is 5.91 Å². The van der Waals surface area contributed by atoms with Crippen LogP contribution in [0.5, 0.6) is 0 Å². The van der Waals surface area contributed by atoms with Gasteiger partial charge in [-0.05, 0) is 17.7 Å². The van der Waals surface area contributed by atoms with Gasteiger partial charge >= 0.3 is 0 Å². The highest BCUT2D eigenvalue weighted by molar-refractivity contribution is 7.93. The number of aromatic nitrogens is 1. The van der Waals surface area contributed by atoms with Crippen molar-refractivity contribution in [3.63, 3.8) is 0 Å². The van der Waals surface area contributed by atoms with Crippen LogP contribution in [0.25, 0.3) is 0 Å². The van der Waals surface area contributed by atoms with Crippen LogP contribution in [0.4, 0.5) is 5.13 Å². The van der Waals surface area contributed by atoms with Crippen molar-refractivity contribution in [1.82, 2.24) is 4.98 Å². The van der Waals surface area contributed by atoms with Crippen molar-refractivity contribution in [2.75, 3.05) is 4.72 Å². The average molecular weight is 353 g/mol. The van der Waals surface area contributed by atoms with E-state index in [0.29, 0.717) is 5.56 Å². The Kier molecular flexibility index (Phi) is 5.45. The smallest absolute Gasteiger partial charge is 0.263 e. The van der Waals surface area contributed by atoms with Gasteiger partial charge in [0.25, 0.3) is 10.0 Å². The lowest BCUT2D eigenvalue weighted by molar-refractivity contribution is -0.123. The molecule has 0 aliphatic heterocycles. The average Bonchev–Trinajstić information content (AvgIpc) is 2.98. The molecule has 0 aliphatic rings. The van der Waals surface area contributed by atoms with Gasteiger partial charge in [0, 0.05) is 30.8 Å². The SMILES string of the molecule is NC(=O)CCC(=O)Cc1ccc(S(=O)(=O)Nc2nccs2)cc1. The summed E-state index contributed by atoms with van der Waals surface area (Å²) in [4.78, 5) is 26.2. The van der Waals surface area contributed by atoms with Gasteiger partial charge in [-0.25, -0.2) is 13.4 Å². The number of hydrogen-bond acceptors (Lipinski definition) is 6. The molecule has 1 amide bonds. The molecular weight excluding hydrogens is 338 g/mol. The molecule has 1 aromatic carbocycles. The Morgan fingerprint density at radius 2 is 1.87 bits per heavy atom. The molecule has 0 saturated carbocycles. The zero-order valence-corrected chi connectivity index (χ0v) is 13.7. The van der Waals surface area contributed by atoms with Crippen LogP contribution in [0.3, 0.4) is 0 Å². The zero-order valence-electron chi connectivity index (χ0n) is 12.1. The number of primary amides is 1. The van der Waals surface area contributed by atoms with E-state index in [-0.39, 0.29) is 35.1 Å². The molecule has 0 saturated heterocycles. The standard InChI is InChI=1S/C14H15N3O4S2/c15-13(19)6-3-11(18)9-10-1-4-12(5-2-10)23(20,21)17-14-16-7-8-22-14/h1-2,4-5,7-8H,3,6,9H2,(H2,15,19)(H,16,17). The maximum atomic E-state index is 12.1. The molecule has 23 heavy (non-hydrogen) atoms. The van der Waals surface area contributed by atoms with E-state index in [0.717, 1.165) is 0 Å². The molecule has 3 N–H and O–H groups in total. The lowest BCUT2D eigenvalue weighted by atomic mass is 10.1. The number of carbonyl (C=O) groups excluding carboxylic acids is 2. The molecule has 0 spiro atoms. The van der Waals surface area contributed by atoms with E-state index in [1.165, 1.54) is 29.7 Å². The van der Waals surface area contributed by atoms with Crippen molar-refractivity contribution in [2.24, 2.45) is 5.73 Å². The van der Waals surface area contributed by atoms with Gasteiger partial charge in [0.05, 0.1) is 4.90 Å². The third kappa shape index (κ3) is 5.15. The first-order valence-electron chi connectivity index (χ1n) is 6.68. The van der Waals surface area contributed by atoms with Crippen molar-refractivity contribution in [1.29, 1.82) is 0 Å². The van der Waals surface area contributed by atoms with Crippen LogP contribution in [0, 0.1) is 0 Å². The Hall–Kier alpha value is -2.26. The van der Waals surface area contributed by atoms with Crippen LogP contribution in [0.2, 0.25) is 0 Å². The van der Waals surface area contributed by atoms with E-state index in [1.54, 1.807) is 17.5 Å². The summed E-state index contributed by atoms with van der Waals surface area (Å²) in [5.41, 5.74) is 5.66. The van der Waals surface area contributed by atoms with E-state index in [1.807, 2.05) is 0 Å². The molecule has 0 fully saturated rings. The number of nitrogens with one attached hydrogen (secondary N) is 1. The maximum Gasteiger partial charge on any atom is 0.263 e. The number of sulfonamides is 1.